The molecule has 1 N–H and O–H groups in total. The maximum atomic E-state index is 11.9. The number of hydrogen-bond donors (Lipinski definition) is 1. The lowest BCUT2D eigenvalue weighted by atomic mass is 9.86. The first kappa shape index (κ1) is 12.6. The fourth-order valence-corrected chi connectivity index (χ4v) is 2.85. The van der Waals surface area contributed by atoms with Crippen LogP contribution in [0.1, 0.15) is 32.6 Å². The fraction of sp³-hybridized carbons (Fsp3) is 0.667. The van der Waals surface area contributed by atoms with Gasteiger partial charge in [0.25, 0.3) is 5.56 Å². The maximum absolute atomic E-state index is 11.9. The highest BCUT2D eigenvalue weighted by Gasteiger charge is 2.22. The number of hydrogen-bond acceptors (Lipinski definition) is 3. The molecule has 5 heteroatoms. The molecule has 0 radical (unpaired) electrons. The minimum atomic E-state index is -0.0639. The summed E-state index contributed by atoms with van der Waals surface area (Å²) in [6, 6.07) is 0.373. The average Bonchev–Trinajstić information content (AvgIpc) is 2.28. The molecule has 0 saturated heterocycles. The second kappa shape index (κ2) is 5.21. The van der Waals surface area contributed by atoms with E-state index in [2.05, 4.69) is 33.2 Å². The van der Waals surface area contributed by atoms with Gasteiger partial charge in [-0.05, 0) is 34.7 Å². The Morgan fingerprint density at radius 3 is 2.88 bits per heavy atom. The molecular weight excluding hydrogens is 282 g/mol. The lowest BCUT2D eigenvalue weighted by Crippen LogP contribution is -2.34. The van der Waals surface area contributed by atoms with Crippen molar-refractivity contribution in [3.8, 4) is 0 Å². The average molecular weight is 300 g/mol. The Balaban J connectivity index is 2.20. The van der Waals surface area contributed by atoms with E-state index in [0.29, 0.717) is 22.4 Å². The van der Waals surface area contributed by atoms with Crippen LogP contribution in [0.3, 0.4) is 0 Å². The zero-order valence-electron chi connectivity index (χ0n) is 10.2. The molecule has 0 bridgehead atoms. The number of anilines is 1. The SMILES string of the molecule is CC1CCCCC1Nc1nc(Br)cn(C)c1=O. The van der Waals surface area contributed by atoms with E-state index in [4.69, 9.17) is 0 Å². The Morgan fingerprint density at radius 2 is 2.18 bits per heavy atom. The number of aromatic nitrogens is 2. The lowest BCUT2D eigenvalue weighted by molar-refractivity contribution is 0.348. The summed E-state index contributed by atoms with van der Waals surface area (Å²) < 4.78 is 2.23. The highest BCUT2D eigenvalue weighted by molar-refractivity contribution is 9.10. The first-order valence-electron chi connectivity index (χ1n) is 6.07. The minimum Gasteiger partial charge on any atom is -0.362 e. The number of aryl methyl sites for hydroxylation is 1. The highest BCUT2D eigenvalue weighted by Crippen LogP contribution is 2.25. The molecule has 2 rings (SSSR count). The van der Waals surface area contributed by atoms with Crippen molar-refractivity contribution in [1.82, 2.24) is 9.55 Å². The monoisotopic (exact) mass is 299 g/mol. The van der Waals surface area contributed by atoms with Crippen LogP contribution in [0.4, 0.5) is 5.82 Å². The second-order valence-corrected chi connectivity index (χ2v) is 5.65. The summed E-state index contributed by atoms with van der Waals surface area (Å²) in [5.41, 5.74) is -0.0639. The Bertz CT molecular complexity index is 458. The van der Waals surface area contributed by atoms with Gasteiger partial charge >= 0.3 is 0 Å². The molecule has 1 heterocycles. The summed E-state index contributed by atoms with van der Waals surface area (Å²) in [4.78, 5) is 16.2. The third kappa shape index (κ3) is 2.89. The molecule has 4 nitrogen and oxygen atoms in total. The van der Waals surface area contributed by atoms with E-state index in [1.807, 2.05) is 0 Å². The standard InChI is InChI=1S/C12H18BrN3O/c1-8-5-3-4-6-9(8)14-11-12(17)16(2)7-10(13)15-11/h7-9H,3-6H2,1-2H3,(H,14,15). The third-order valence-electron chi connectivity index (χ3n) is 3.48. The summed E-state index contributed by atoms with van der Waals surface area (Å²) in [5, 5.41) is 3.31. The Hall–Kier alpha value is -0.840. The van der Waals surface area contributed by atoms with Crippen molar-refractivity contribution >= 4 is 21.7 Å². The van der Waals surface area contributed by atoms with Gasteiger partial charge in [-0.25, -0.2) is 4.98 Å². The van der Waals surface area contributed by atoms with Gasteiger partial charge in [-0.15, -0.1) is 0 Å². The summed E-state index contributed by atoms with van der Waals surface area (Å²) in [6.07, 6.45) is 6.56. The molecule has 2 atom stereocenters. The topological polar surface area (TPSA) is 46.9 Å². The molecule has 0 aliphatic heterocycles. The quantitative estimate of drug-likeness (QED) is 0.913. The van der Waals surface area contributed by atoms with Crippen LogP contribution in [0.15, 0.2) is 15.6 Å². The predicted octanol–water partition coefficient (Wildman–Crippen LogP) is 2.53. The van der Waals surface area contributed by atoms with Gasteiger partial charge < -0.3 is 9.88 Å². The molecule has 17 heavy (non-hydrogen) atoms. The third-order valence-corrected chi connectivity index (χ3v) is 3.86. The fourth-order valence-electron chi connectivity index (χ4n) is 2.37. The van der Waals surface area contributed by atoms with E-state index in [0.717, 1.165) is 6.42 Å². The smallest absolute Gasteiger partial charge is 0.293 e. The maximum Gasteiger partial charge on any atom is 0.293 e. The molecule has 1 fully saturated rings. The normalized spacial score (nSPS) is 24.6. The number of nitrogens with one attached hydrogen (secondary N) is 1. The van der Waals surface area contributed by atoms with Crippen molar-refractivity contribution in [2.75, 3.05) is 5.32 Å². The van der Waals surface area contributed by atoms with Crippen LogP contribution in [0.25, 0.3) is 0 Å². The zero-order chi connectivity index (χ0) is 12.4. The van der Waals surface area contributed by atoms with Crippen molar-refractivity contribution in [2.24, 2.45) is 13.0 Å². The van der Waals surface area contributed by atoms with Crippen LogP contribution in [-0.2, 0) is 7.05 Å². The predicted molar refractivity (Wildman–Crippen MR) is 72.2 cm³/mol. The van der Waals surface area contributed by atoms with E-state index >= 15 is 0 Å². The van der Waals surface area contributed by atoms with Gasteiger partial charge in [0.15, 0.2) is 5.82 Å². The number of rotatable bonds is 2. The highest BCUT2D eigenvalue weighted by atomic mass is 79.9. The number of nitrogens with zero attached hydrogens (tertiary/aromatic N) is 2. The molecule has 94 valence electrons. The van der Waals surface area contributed by atoms with Crippen molar-refractivity contribution < 1.29 is 0 Å². The van der Waals surface area contributed by atoms with Crippen molar-refractivity contribution in [2.45, 2.75) is 38.6 Å². The zero-order valence-corrected chi connectivity index (χ0v) is 11.8. The minimum absolute atomic E-state index is 0.0639. The van der Waals surface area contributed by atoms with Crippen LogP contribution < -0.4 is 10.9 Å². The number of halogens is 1. The summed E-state index contributed by atoms with van der Waals surface area (Å²) in [6.45, 7) is 2.24. The van der Waals surface area contributed by atoms with E-state index in [-0.39, 0.29) is 5.56 Å². The molecule has 1 aliphatic carbocycles. The van der Waals surface area contributed by atoms with Crippen LogP contribution in [0.5, 0.6) is 0 Å². The van der Waals surface area contributed by atoms with Crippen LogP contribution >= 0.6 is 15.9 Å². The Labute approximate surface area is 110 Å². The van der Waals surface area contributed by atoms with Gasteiger partial charge in [0.05, 0.1) is 0 Å². The van der Waals surface area contributed by atoms with Crippen LogP contribution in [0, 0.1) is 5.92 Å². The van der Waals surface area contributed by atoms with Crippen LogP contribution in [0.2, 0.25) is 0 Å². The summed E-state index contributed by atoms with van der Waals surface area (Å²) in [7, 11) is 1.74. The summed E-state index contributed by atoms with van der Waals surface area (Å²) in [5.74, 6) is 1.06. The molecule has 0 amide bonds. The Kier molecular flexibility index (Phi) is 3.86. The van der Waals surface area contributed by atoms with E-state index in [1.54, 1.807) is 17.8 Å². The van der Waals surface area contributed by atoms with Gasteiger partial charge in [0.1, 0.15) is 4.60 Å². The van der Waals surface area contributed by atoms with Crippen LogP contribution in [-0.4, -0.2) is 15.6 Å². The molecule has 0 aromatic carbocycles. The molecule has 1 aromatic heterocycles. The van der Waals surface area contributed by atoms with Gasteiger partial charge in [0, 0.05) is 19.3 Å². The van der Waals surface area contributed by atoms with E-state index in [1.165, 1.54) is 19.3 Å². The Morgan fingerprint density at radius 1 is 1.47 bits per heavy atom. The first-order chi connectivity index (χ1) is 8.08. The molecule has 1 aromatic rings. The van der Waals surface area contributed by atoms with Gasteiger partial charge in [-0.2, -0.15) is 0 Å². The second-order valence-electron chi connectivity index (χ2n) is 4.84. The van der Waals surface area contributed by atoms with Crippen molar-refractivity contribution in [1.29, 1.82) is 0 Å². The molecule has 2 unspecified atom stereocenters. The van der Waals surface area contributed by atoms with Gasteiger partial charge in [-0.1, -0.05) is 19.8 Å². The van der Waals surface area contributed by atoms with Crippen molar-refractivity contribution in [3.63, 3.8) is 0 Å². The molecular formula is C12H18BrN3O. The lowest BCUT2D eigenvalue weighted by Gasteiger charge is -2.29. The molecule has 1 aliphatic rings. The largest absolute Gasteiger partial charge is 0.362 e. The first-order valence-corrected chi connectivity index (χ1v) is 6.87. The van der Waals surface area contributed by atoms with E-state index in [9.17, 15) is 4.79 Å². The van der Waals surface area contributed by atoms with Crippen molar-refractivity contribution in [3.05, 3.63) is 21.2 Å². The molecule has 1 saturated carbocycles. The van der Waals surface area contributed by atoms with Gasteiger partial charge in [-0.3, -0.25) is 4.79 Å². The summed E-state index contributed by atoms with van der Waals surface area (Å²) >= 11 is 3.32. The van der Waals surface area contributed by atoms with E-state index < -0.39 is 0 Å². The molecule has 0 spiro atoms. The van der Waals surface area contributed by atoms with Gasteiger partial charge in [0.2, 0.25) is 0 Å².